The second-order valence-corrected chi connectivity index (χ2v) is 5.12. The van der Waals surface area contributed by atoms with Crippen LogP contribution in [0.5, 0.6) is 0 Å². The van der Waals surface area contributed by atoms with Crippen LogP contribution in [-0.4, -0.2) is 13.1 Å². The summed E-state index contributed by atoms with van der Waals surface area (Å²) >= 11 is 0. The highest BCUT2D eigenvalue weighted by Gasteiger charge is 2.34. The van der Waals surface area contributed by atoms with E-state index in [0.29, 0.717) is 5.41 Å². The minimum atomic E-state index is 0.712. The molecule has 0 aromatic heterocycles. The lowest BCUT2D eigenvalue weighted by Crippen LogP contribution is -2.39. The van der Waals surface area contributed by atoms with E-state index in [2.05, 4.69) is 12.2 Å². The summed E-state index contributed by atoms with van der Waals surface area (Å²) in [5, 5.41) is 3.65. The zero-order valence-corrected chi connectivity index (χ0v) is 8.94. The molecular weight excluding hydrogens is 158 g/mol. The molecular formula is C12H23N. The van der Waals surface area contributed by atoms with Crippen LogP contribution in [-0.2, 0) is 0 Å². The molecule has 0 aromatic carbocycles. The Kier molecular flexibility index (Phi) is 2.92. The van der Waals surface area contributed by atoms with Crippen LogP contribution in [0.3, 0.4) is 0 Å². The smallest absolute Gasteiger partial charge is 0.000770 e. The van der Waals surface area contributed by atoms with Gasteiger partial charge in [-0.1, -0.05) is 26.2 Å². The SMILES string of the molecule is CCC1(CNCCC2CC2)CCC1. The van der Waals surface area contributed by atoms with E-state index in [-0.39, 0.29) is 0 Å². The minimum absolute atomic E-state index is 0.712. The summed E-state index contributed by atoms with van der Waals surface area (Å²) in [5.41, 5.74) is 0.712. The fourth-order valence-corrected chi connectivity index (χ4v) is 2.40. The largest absolute Gasteiger partial charge is 0.316 e. The molecule has 2 fully saturated rings. The number of hydrogen-bond acceptors (Lipinski definition) is 1. The summed E-state index contributed by atoms with van der Waals surface area (Å²) in [6.07, 6.45) is 10.2. The molecule has 1 nitrogen and oxygen atoms in total. The second kappa shape index (κ2) is 4.00. The Balaban J connectivity index is 1.54. The van der Waals surface area contributed by atoms with Gasteiger partial charge in [-0.15, -0.1) is 0 Å². The summed E-state index contributed by atoms with van der Waals surface area (Å²) in [4.78, 5) is 0. The van der Waals surface area contributed by atoms with E-state index in [1.54, 1.807) is 0 Å². The third kappa shape index (κ3) is 2.46. The Labute approximate surface area is 82.3 Å². The van der Waals surface area contributed by atoms with E-state index >= 15 is 0 Å². The summed E-state index contributed by atoms with van der Waals surface area (Å²) in [7, 11) is 0. The molecule has 2 aliphatic rings. The van der Waals surface area contributed by atoms with Gasteiger partial charge in [0, 0.05) is 6.54 Å². The van der Waals surface area contributed by atoms with Crippen molar-refractivity contribution >= 4 is 0 Å². The van der Waals surface area contributed by atoms with Gasteiger partial charge in [0.15, 0.2) is 0 Å². The first-order valence-corrected chi connectivity index (χ1v) is 6.05. The van der Waals surface area contributed by atoms with Crippen molar-refractivity contribution in [1.29, 1.82) is 0 Å². The highest BCUT2D eigenvalue weighted by molar-refractivity contribution is 4.88. The summed E-state index contributed by atoms with van der Waals surface area (Å²) in [5.74, 6) is 1.09. The van der Waals surface area contributed by atoms with Gasteiger partial charge in [0.1, 0.15) is 0 Å². The van der Waals surface area contributed by atoms with Crippen LogP contribution in [0.25, 0.3) is 0 Å². The quantitative estimate of drug-likeness (QED) is 0.621. The van der Waals surface area contributed by atoms with Crippen molar-refractivity contribution < 1.29 is 0 Å². The summed E-state index contributed by atoms with van der Waals surface area (Å²) in [6.45, 7) is 4.91. The maximum atomic E-state index is 3.65. The van der Waals surface area contributed by atoms with Gasteiger partial charge < -0.3 is 5.32 Å². The molecule has 76 valence electrons. The van der Waals surface area contributed by atoms with Crippen LogP contribution in [0, 0.1) is 11.3 Å². The highest BCUT2D eigenvalue weighted by atomic mass is 14.9. The third-order valence-corrected chi connectivity index (χ3v) is 4.09. The number of rotatable bonds is 6. The van der Waals surface area contributed by atoms with Gasteiger partial charge in [-0.05, 0) is 43.6 Å². The van der Waals surface area contributed by atoms with Crippen molar-refractivity contribution in [3.63, 3.8) is 0 Å². The van der Waals surface area contributed by atoms with Crippen molar-refractivity contribution in [3.8, 4) is 0 Å². The molecule has 0 aliphatic heterocycles. The molecule has 1 N–H and O–H groups in total. The van der Waals surface area contributed by atoms with Crippen LogP contribution in [0.4, 0.5) is 0 Å². The molecule has 2 rings (SSSR count). The van der Waals surface area contributed by atoms with E-state index in [1.165, 1.54) is 58.0 Å². The first-order chi connectivity index (χ1) is 6.35. The zero-order valence-electron chi connectivity index (χ0n) is 8.94. The molecule has 0 radical (unpaired) electrons. The molecule has 1 heteroatoms. The first-order valence-electron chi connectivity index (χ1n) is 6.05. The van der Waals surface area contributed by atoms with Crippen molar-refractivity contribution in [2.75, 3.05) is 13.1 Å². The van der Waals surface area contributed by atoms with Gasteiger partial charge in [-0.3, -0.25) is 0 Å². The fraction of sp³-hybridized carbons (Fsp3) is 1.00. The van der Waals surface area contributed by atoms with Crippen molar-refractivity contribution in [1.82, 2.24) is 5.32 Å². The lowest BCUT2D eigenvalue weighted by atomic mass is 9.67. The Bertz CT molecular complexity index is 151. The van der Waals surface area contributed by atoms with Gasteiger partial charge in [0.25, 0.3) is 0 Å². The molecule has 0 amide bonds. The van der Waals surface area contributed by atoms with E-state index < -0.39 is 0 Å². The van der Waals surface area contributed by atoms with Crippen LogP contribution in [0.2, 0.25) is 0 Å². The predicted molar refractivity (Wildman–Crippen MR) is 56.8 cm³/mol. The monoisotopic (exact) mass is 181 g/mol. The van der Waals surface area contributed by atoms with Crippen molar-refractivity contribution in [3.05, 3.63) is 0 Å². The lowest BCUT2D eigenvalue weighted by Gasteiger charge is -2.41. The average Bonchev–Trinajstić information content (AvgIpc) is 2.86. The fourth-order valence-electron chi connectivity index (χ4n) is 2.40. The Hall–Kier alpha value is -0.0400. The standard InChI is InChI=1S/C12H23N/c1-2-12(7-3-8-12)10-13-9-6-11-4-5-11/h11,13H,2-10H2,1H3. The maximum Gasteiger partial charge on any atom is 0.000770 e. The van der Waals surface area contributed by atoms with Crippen LogP contribution >= 0.6 is 0 Å². The van der Waals surface area contributed by atoms with Crippen LogP contribution < -0.4 is 5.32 Å². The van der Waals surface area contributed by atoms with Crippen LogP contribution in [0.15, 0.2) is 0 Å². The van der Waals surface area contributed by atoms with E-state index in [4.69, 9.17) is 0 Å². The van der Waals surface area contributed by atoms with E-state index in [9.17, 15) is 0 Å². The zero-order chi connectivity index (χ0) is 9.15. The number of nitrogens with one attached hydrogen (secondary N) is 1. The van der Waals surface area contributed by atoms with Crippen LogP contribution in [0.1, 0.15) is 51.9 Å². The summed E-state index contributed by atoms with van der Waals surface area (Å²) < 4.78 is 0. The molecule has 2 aliphatic carbocycles. The normalized spacial score (nSPS) is 25.6. The van der Waals surface area contributed by atoms with Gasteiger partial charge >= 0.3 is 0 Å². The molecule has 0 heterocycles. The molecule has 0 unspecified atom stereocenters. The molecule has 2 saturated carbocycles. The Morgan fingerprint density at radius 3 is 2.54 bits per heavy atom. The third-order valence-electron chi connectivity index (χ3n) is 4.09. The second-order valence-electron chi connectivity index (χ2n) is 5.12. The minimum Gasteiger partial charge on any atom is -0.316 e. The topological polar surface area (TPSA) is 12.0 Å². The highest BCUT2D eigenvalue weighted by Crippen LogP contribution is 2.43. The van der Waals surface area contributed by atoms with Gasteiger partial charge in [0.2, 0.25) is 0 Å². The lowest BCUT2D eigenvalue weighted by molar-refractivity contribution is 0.124. The van der Waals surface area contributed by atoms with Crippen molar-refractivity contribution in [2.24, 2.45) is 11.3 Å². The molecule has 0 saturated heterocycles. The van der Waals surface area contributed by atoms with Gasteiger partial charge in [-0.25, -0.2) is 0 Å². The van der Waals surface area contributed by atoms with E-state index in [0.717, 1.165) is 5.92 Å². The molecule has 0 atom stereocenters. The Morgan fingerprint density at radius 1 is 1.31 bits per heavy atom. The predicted octanol–water partition coefficient (Wildman–Crippen LogP) is 2.96. The van der Waals surface area contributed by atoms with Gasteiger partial charge in [-0.2, -0.15) is 0 Å². The summed E-state index contributed by atoms with van der Waals surface area (Å²) in [6, 6.07) is 0. The molecule has 13 heavy (non-hydrogen) atoms. The molecule has 0 bridgehead atoms. The maximum absolute atomic E-state index is 3.65. The molecule has 0 spiro atoms. The number of hydrogen-bond donors (Lipinski definition) is 1. The van der Waals surface area contributed by atoms with Gasteiger partial charge in [0.05, 0.1) is 0 Å². The first kappa shape index (κ1) is 9.51. The molecule has 0 aromatic rings. The van der Waals surface area contributed by atoms with Crippen molar-refractivity contribution in [2.45, 2.75) is 51.9 Å². The Morgan fingerprint density at radius 2 is 2.08 bits per heavy atom. The van der Waals surface area contributed by atoms with E-state index in [1.807, 2.05) is 0 Å². The average molecular weight is 181 g/mol.